The zero-order valence-corrected chi connectivity index (χ0v) is 8.74. The summed E-state index contributed by atoms with van der Waals surface area (Å²) in [6.45, 7) is 0. The molecule has 0 aliphatic carbocycles. The monoisotopic (exact) mass is 282 g/mol. The zero-order chi connectivity index (χ0) is 5.41. The third kappa shape index (κ3) is 163000. The van der Waals surface area contributed by atoms with Crippen molar-refractivity contribution in [1.82, 2.24) is 0 Å². The predicted molar refractivity (Wildman–Crippen MR) is 53.1 cm³/mol. The quantitative estimate of drug-likeness (QED) is 0.367. The maximum Gasteiger partial charge on any atom is 6.00 e. The van der Waals surface area contributed by atoms with Gasteiger partial charge in [-0.25, -0.2) is 0 Å². The van der Waals surface area contributed by atoms with Crippen LogP contribution in [0.1, 0.15) is 0 Å². The average molecular weight is 281 g/mol. The number of nitrogens with zero attached hydrogens (tertiary/aromatic N) is 2. The van der Waals surface area contributed by atoms with Crippen LogP contribution in [0.25, 0.3) is 35.4 Å². The van der Waals surface area contributed by atoms with Gasteiger partial charge in [-0.3, -0.25) is 0 Å². The molecule has 0 amide bonds. The first-order valence-corrected chi connectivity index (χ1v) is 1.67. The first-order chi connectivity index (χ1) is 2.83. The van der Waals surface area contributed by atoms with Crippen molar-refractivity contribution in [2.24, 2.45) is 0 Å². The molecular formula is C2H8N6RuS2. The summed E-state index contributed by atoms with van der Waals surface area (Å²) in [6.07, 6.45) is 0. The molecule has 0 aliphatic heterocycles. The molecule has 0 rings (SSSR count). The van der Waals surface area contributed by atoms with Crippen LogP contribution in [-0.4, -0.2) is 10.3 Å². The minimum absolute atomic E-state index is 0. The predicted octanol–water partition coefficient (Wildman–Crippen LogP) is 4.18. The molecule has 0 spiro atoms. The fourth-order valence-corrected chi connectivity index (χ4v) is 0. The van der Waals surface area contributed by atoms with Crippen LogP contribution in [0.15, 0.2) is 0 Å². The fraction of sp³-hybridized carbons (Fsp3) is 0. The molecule has 0 atom stereocenters. The normalized spacial score (nSPS) is 1.45. The van der Waals surface area contributed by atoms with Gasteiger partial charge in [-0.15, -0.1) is 0 Å². The van der Waals surface area contributed by atoms with E-state index < -0.39 is 0 Å². The van der Waals surface area contributed by atoms with Crippen molar-refractivity contribution in [3.63, 3.8) is 0 Å². The number of thiocarbonyl (C=S) groups is 2. The summed E-state index contributed by atoms with van der Waals surface area (Å²) >= 11 is 7.40. The summed E-state index contributed by atoms with van der Waals surface area (Å²) in [4.78, 5) is 0. The van der Waals surface area contributed by atoms with E-state index in [1.807, 2.05) is 0 Å². The van der Waals surface area contributed by atoms with Crippen LogP contribution >= 0.6 is 24.4 Å². The van der Waals surface area contributed by atoms with E-state index in [2.05, 4.69) is 24.4 Å². The standard InChI is InChI=1S/2CNS.4H2N.Ru/c2*2-1-3;;;;;/h;;4*1H2;/q6*-1;+6. The van der Waals surface area contributed by atoms with E-state index in [0.717, 1.165) is 0 Å². The van der Waals surface area contributed by atoms with E-state index in [1.54, 1.807) is 0 Å². The van der Waals surface area contributed by atoms with Crippen LogP contribution in [0, 0.1) is 0 Å². The number of isothiocyanates is 2. The van der Waals surface area contributed by atoms with Crippen molar-refractivity contribution in [2.75, 3.05) is 0 Å². The Labute approximate surface area is 89.6 Å². The minimum Gasteiger partial charge on any atom is -0.753 e. The molecule has 0 radical (unpaired) electrons. The van der Waals surface area contributed by atoms with Crippen LogP contribution < -0.4 is 0 Å². The van der Waals surface area contributed by atoms with Crippen LogP contribution in [0.3, 0.4) is 0 Å². The van der Waals surface area contributed by atoms with E-state index in [9.17, 15) is 0 Å². The van der Waals surface area contributed by atoms with Crippen LogP contribution in [-0.2, 0) is 19.5 Å². The Kier molecular flexibility index (Phi) is 1200. The summed E-state index contributed by atoms with van der Waals surface area (Å²) in [7, 11) is 0. The third-order valence-corrected chi connectivity index (χ3v) is 0. The zero-order valence-electron chi connectivity index (χ0n) is 5.37. The first kappa shape index (κ1) is 67.9. The van der Waals surface area contributed by atoms with Gasteiger partial charge in [0, 0.05) is 0 Å². The summed E-state index contributed by atoms with van der Waals surface area (Å²) in [5.41, 5.74) is 0. The maximum absolute atomic E-state index is 7.13. The summed E-state index contributed by atoms with van der Waals surface area (Å²) in [5.74, 6) is 0. The Bertz CT molecular complexity index is 72.6. The summed E-state index contributed by atoms with van der Waals surface area (Å²) in [5, 5.41) is 16.9. The number of hydrogen-bond donors (Lipinski definition) is 0. The van der Waals surface area contributed by atoms with Crippen molar-refractivity contribution in [1.29, 1.82) is 0 Å². The average Bonchev–Trinajstić information content (AvgIpc) is 1.39. The van der Waals surface area contributed by atoms with Gasteiger partial charge in [0.15, 0.2) is 0 Å². The van der Waals surface area contributed by atoms with Crippen molar-refractivity contribution < 1.29 is 19.5 Å². The molecule has 0 aromatic heterocycles. The molecule has 0 unspecified atom stereocenters. The van der Waals surface area contributed by atoms with E-state index in [4.69, 9.17) is 10.8 Å². The van der Waals surface area contributed by atoms with Crippen molar-refractivity contribution in [3.8, 4) is 0 Å². The fourth-order valence-electron chi connectivity index (χ4n) is 0. The Morgan fingerprint density at radius 3 is 0.727 bits per heavy atom. The van der Waals surface area contributed by atoms with Crippen LogP contribution in [0.4, 0.5) is 0 Å². The molecule has 0 aromatic rings. The Hall–Kier alpha value is 0.0634. The Balaban J connectivity index is -0.00000000400. The third-order valence-electron chi connectivity index (χ3n) is 0. The molecule has 0 aliphatic rings. The molecule has 66 valence electrons. The van der Waals surface area contributed by atoms with Gasteiger partial charge in [-0.1, -0.05) is 24.4 Å². The van der Waals surface area contributed by atoms with E-state index in [1.165, 1.54) is 10.3 Å². The molecule has 0 saturated heterocycles. The maximum atomic E-state index is 7.13. The molecule has 0 heterocycles. The van der Waals surface area contributed by atoms with E-state index in [0.29, 0.717) is 0 Å². The molecule has 0 saturated carbocycles. The van der Waals surface area contributed by atoms with Crippen LogP contribution in [0.2, 0.25) is 0 Å². The molecular weight excluding hydrogens is 273 g/mol. The van der Waals surface area contributed by atoms with Gasteiger partial charge in [0.1, 0.15) is 0 Å². The smallest absolute Gasteiger partial charge is 0.753 e. The number of rotatable bonds is 0. The van der Waals surface area contributed by atoms with Gasteiger partial charge >= 0.3 is 19.5 Å². The molecule has 0 aromatic carbocycles. The van der Waals surface area contributed by atoms with Gasteiger partial charge in [-0.2, -0.15) is 10.3 Å². The van der Waals surface area contributed by atoms with E-state index >= 15 is 0 Å². The molecule has 8 N–H and O–H groups in total. The molecule has 9 heteroatoms. The molecule has 0 bridgehead atoms. The Morgan fingerprint density at radius 2 is 0.727 bits per heavy atom. The second-order valence-corrected chi connectivity index (χ2v) is 0.548. The number of hydrogen-bond acceptors (Lipinski definition) is 2. The van der Waals surface area contributed by atoms with E-state index in [-0.39, 0.29) is 44.1 Å². The first-order valence-electron chi connectivity index (χ1n) is 0.855. The SMILES string of the molecule is [N-]=C=S.[N-]=C=S.[NH2-].[NH2-].[NH2-].[NH2-].[Ru+6]. The molecule has 6 nitrogen and oxygen atoms in total. The second-order valence-electron chi connectivity index (χ2n) is 0.183. The van der Waals surface area contributed by atoms with Gasteiger partial charge in [0.05, 0.1) is 0 Å². The van der Waals surface area contributed by atoms with Gasteiger partial charge in [-0.05, 0) is 0 Å². The van der Waals surface area contributed by atoms with Crippen molar-refractivity contribution in [2.45, 2.75) is 0 Å². The largest absolute Gasteiger partial charge is 6.00 e. The van der Waals surface area contributed by atoms with Crippen molar-refractivity contribution >= 4 is 34.8 Å². The molecule has 11 heavy (non-hydrogen) atoms. The second kappa shape index (κ2) is 194. The number of nitrogens with two attached hydrogens (primary N) is 4. The van der Waals surface area contributed by atoms with Crippen LogP contribution in [0.5, 0.6) is 0 Å². The van der Waals surface area contributed by atoms with Crippen molar-refractivity contribution in [3.05, 3.63) is 35.4 Å². The topological polar surface area (TPSA) is 179 Å². The Morgan fingerprint density at radius 1 is 0.727 bits per heavy atom. The van der Waals surface area contributed by atoms with Gasteiger partial charge in [0.2, 0.25) is 0 Å². The summed E-state index contributed by atoms with van der Waals surface area (Å²) in [6, 6.07) is 0. The van der Waals surface area contributed by atoms with Gasteiger partial charge < -0.3 is 35.4 Å². The molecule has 0 fully saturated rings. The summed E-state index contributed by atoms with van der Waals surface area (Å²) < 4.78 is 0. The minimum atomic E-state index is 0. The van der Waals surface area contributed by atoms with Gasteiger partial charge in [0.25, 0.3) is 0 Å².